The van der Waals surface area contributed by atoms with Gasteiger partial charge >= 0.3 is 0 Å². The summed E-state index contributed by atoms with van der Waals surface area (Å²) >= 11 is 0. The number of nitrogen functional groups attached to an aromatic ring is 1. The van der Waals surface area contributed by atoms with Crippen LogP contribution in [-0.2, 0) is 0 Å². The van der Waals surface area contributed by atoms with Crippen LogP contribution in [0.5, 0.6) is 0 Å². The van der Waals surface area contributed by atoms with Gasteiger partial charge < -0.3 is 11.1 Å². The lowest BCUT2D eigenvalue weighted by Gasteiger charge is -2.10. The van der Waals surface area contributed by atoms with Crippen LogP contribution in [-0.4, -0.2) is 5.71 Å². The lowest BCUT2D eigenvalue weighted by Crippen LogP contribution is -2.00. The Morgan fingerprint density at radius 2 is 1.88 bits per heavy atom. The highest BCUT2D eigenvalue weighted by molar-refractivity contribution is 6.01. The first-order valence-electron chi connectivity index (χ1n) is 5.21. The van der Waals surface area contributed by atoms with E-state index < -0.39 is 0 Å². The zero-order valence-corrected chi connectivity index (χ0v) is 10.1. The molecule has 0 heterocycles. The molecule has 0 fully saturated rings. The second-order valence-electron chi connectivity index (χ2n) is 4.10. The molecule has 0 saturated carbocycles. The first kappa shape index (κ1) is 12.2. The molecule has 0 radical (unpaired) electrons. The Balaban J connectivity index is 3.33. The van der Waals surface area contributed by atoms with Crippen molar-refractivity contribution in [3.05, 3.63) is 47.6 Å². The molecule has 1 aromatic rings. The maximum Gasteiger partial charge on any atom is 0.0362 e. The number of hydrogen-bond donors (Lipinski definition) is 2. The normalized spacial score (nSPS) is 11.3. The lowest BCUT2D eigenvalue weighted by atomic mass is 9.96. The molecule has 0 atom stereocenters. The number of benzene rings is 1. The van der Waals surface area contributed by atoms with E-state index in [0.717, 1.165) is 22.3 Å². The topological polar surface area (TPSA) is 49.9 Å². The summed E-state index contributed by atoms with van der Waals surface area (Å²) in [5.41, 5.74) is 11.0. The Morgan fingerprint density at radius 1 is 1.25 bits per heavy atom. The monoisotopic (exact) mass is 214 g/mol. The molecule has 16 heavy (non-hydrogen) atoms. The van der Waals surface area contributed by atoms with Crippen molar-refractivity contribution in [1.29, 1.82) is 5.41 Å². The summed E-state index contributed by atoms with van der Waals surface area (Å²) in [5.74, 6) is 0. The Labute approximate surface area is 97.0 Å². The molecule has 1 rings (SSSR count). The van der Waals surface area contributed by atoms with Gasteiger partial charge in [-0.05, 0) is 44.0 Å². The molecule has 3 N–H and O–H groups in total. The van der Waals surface area contributed by atoms with Crippen molar-refractivity contribution in [2.45, 2.75) is 20.8 Å². The predicted molar refractivity (Wildman–Crippen MR) is 71.8 cm³/mol. The molecule has 84 valence electrons. The fraction of sp³-hybridized carbons (Fsp3) is 0.214. The fourth-order valence-corrected chi connectivity index (χ4v) is 1.66. The van der Waals surface area contributed by atoms with Gasteiger partial charge in [0.1, 0.15) is 0 Å². The van der Waals surface area contributed by atoms with Crippen molar-refractivity contribution in [1.82, 2.24) is 0 Å². The van der Waals surface area contributed by atoms with Crippen molar-refractivity contribution in [3.63, 3.8) is 0 Å². The molecule has 0 aliphatic heterocycles. The van der Waals surface area contributed by atoms with Crippen LogP contribution in [0.15, 0.2) is 36.4 Å². The van der Waals surface area contributed by atoms with Crippen molar-refractivity contribution >= 4 is 17.0 Å². The maximum absolute atomic E-state index is 7.74. The van der Waals surface area contributed by atoms with E-state index in [1.807, 2.05) is 38.1 Å². The van der Waals surface area contributed by atoms with Gasteiger partial charge in [0.05, 0.1) is 0 Å². The van der Waals surface area contributed by atoms with Gasteiger partial charge in [0.15, 0.2) is 0 Å². The lowest BCUT2D eigenvalue weighted by molar-refractivity contribution is 1.42. The molecular weight excluding hydrogens is 196 g/mol. The van der Waals surface area contributed by atoms with Crippen LogP contribution >= 0.6 is 0 Å². The average Bonchev–Trinajstić information content (AvgIpc) is 2.16. The third kappa shape index (κ3) is 2.83. The molecular formula is C14H18N2. The minimum absolute atomic E-state index is 0.525. The highest BCUT2D eigenvalue weighted by atomic mass is 14.5. The van der Waals surface area contributed by atoms with E-state index in [1.165, 1.54) is 0 Å². The van der Waals surface area contributed by atoms with Crippen LogP contribution in [0.3, 0.4) is 0 Å². The van der Waals surface area contributed by atoms with Crippen molar-refractivity contribution < 1.29 is 0 Å². The highest BCUT2D eigenvalue weighted by Crippen LogP contribution is 2.22. The smallest absolute Gasteiger partial charge is 0.0362 e. The molecule has 0 saturated heterocycles. The summed E-state index contributed by atoms with van der Waals surface area (Å²) in [6.07, 6.45) is 2.01. The molecule has 0 aliphatic carbocycles. The van der Waals surface area contributed by atoms with E-state index in [1.54, 1.807) is 6.92 Å². The minimum Gasteiger partial charge on any atom is -0.399 e. The van der Waals surface area contributed by atoms with Crippen LogP contribution in [0, 0.1) is 5.41 Å². The van der Waals surface area contributed by atoms with Gasteiger partial charge in [0.2, 0.25) is 0 Å². The zero-order chi connectivity index (χ0) is 12.3. The summed E-state index contributed by atoms with van der Waals surface area (Å²) in [6.45, 7) is 9.60. The van der Waals surface area contributed by atoms with Gasteiger partial charge in [-0.15, -0.1) is 0 Å². The second kappa shape index (κ2) is 4.79. The van der Waals surface area contributed by atoms with E-state index in [0.29, 0.717) is 11.4 Å². The van der Waals surface area contributed by atoms with Crippen LogP contribution in [0.2, 0.25) is 0 Å². The third-order valence-electron chi connectivity index (χ3n) is 2.34. The summed E-state index contributed by atoms with van der Waals surface area (Å²) in [4.78, 5) is 0. The summed E-state index contributed by atoms with van der Waals surface area (Å²) in [5, 5.41) is 7.74. The third-order valence-corrected chi connectivity index (χ3v) is 2.34. The molecule has 2 heteroatoms. The maximum atomic E-state index is 7.74. The van der Waals surface area contributed by atoms with Gasteiger partial charge in [-0.2, -0.15) is 0 Å². The quantitative estimate of drug-likeness (QED) is 0.450. The van der Waals surface area contributed by atoms with Gasteiger partial charge in [-0.25, -0.2) is 0 Å². The standard InChI is InChI=1S/C14H18N2/c1-9(2)7-10(3)13-6-5-12(16)8-14(13)11(4)15/h5-8,15H,1,16H2,2-4H3/b10-7+,15-11?. The Bertz CT molecular complexity index is 468. The Kier molecular flexibility index (Phi) is 3.67. The van der Waals surface area contributed by atoms with Crippen molar-refractivity contribution in [3.8, 4) is 0 Å². The highest BCUT2D eigenvalue weighted by Gasteiger charge is 2.06. The van der Waals surface area contributed by atoms with Crippen LogP contribution in [0.25, 0.3) is 5.57 Å². The second-order valence-corrected chi connectivity index (χ2v) is 4.10. The van der Waals surface area contributed by atoms with Crippen molar-refractivity contribution in [2.24, 2.45) is 0 Å². The molecule has 0 spiro atoms. The van der Waals surface area contributed by atoms with Gasteiger partial charge in [0, 0.05) is 17.0 Å². The molecule has 0 unspecified atom stereocenters. The number of allylic oxidation sites excluding steroid dienone is 3. The summed E-state index contributed by atoms with van der Waals surface area (Å²) in [6, 6.07) is 5.66. The number of nitrogens with one attached hydrogen (secondary N) is 1. The first-order chi connectivity index (χ1) is 7.41. The molecule has 0 bridgehead atoms. The average molecular weight is 214 g/mol. The number of nitrogens with two attached hydrogens (primary N) is 1. The van der Waals surface area contributed by atoms with Crippen molar-refractivity contribution in [2.75, 3.05) is 5.73 Å². The van der Waals surface area contributed by atoms with Crippen LogP contribution in [0.4, 0.5) is 5.69 Å². The number of rotatable bonds is 3. The van der Waals surface area contributed by atoms with E-state index in [9.17, 15) is 0 Å². The molecule has 0 amide bonds. The largest absolute Gasteiger partial charge is 0.399 e. The Morgan fingerprint density at radius 3 is 2.38 bits per heavy atom. The Hall–Kier alpha value is -1.83. The van der Waals surface area contributed by atoms with Gasteiger partial charge in [0.25, 0.3) is 0 Å². The molecule has 1 aromatic carbocycles. The zero-order valence-electron chi connectivity index (χ0n) is 10.1. The van der Waals surface area contributed by atoms with E-state index in [-0.39, 0.29) is 0 Å². The minimum atomic E-state index is 0.525. The fourth-order valence-electron chi connectivity index (χ4n) is 1.66. The number of hydrogen-bond acceptors (Lipinski definition) is 2. The van der Waals surface area contributed by atoms with Gasteiger partial charge in [-0.3, -0.25) is 0 Å². The van der Waals surface area contributed by atoms with E-state index in [4.69, 9.17) is 11.1 Å². The summed E-state index contributed by atoms with van der Waals surface area (Å²) in [7, 11) is 0. The van der Waals surface area contributed by atoms with Crippen LogP contribution < -0.4 is 5.73 Å². The van der Waals surface area contributed by atoms with E-state index in [2.05, 4.69) is 6.58 Å². The van der Waals surface area contributed by atoms with Crippen LogP contribution in [0.1, 0.15) is 31.9 Å². The molecule has 0 aromatic heterocycles. The number of anilines is 1. The first-order valence-corrected chi connectivity index (χ1v) is 5.21. The SMILES string of the molecule is C=C(C)/C=C(\C)c1ccc(N)cc1C(C)=N. The van der Waals surface area contributed by atoms with Gasteiger partial charge in [-0.1, -0.05) is 24.3 Å². The van der Waals surface area contributed by atoms with E-state index >= 15 is 0 Å². The molecule has 0 aliphatic rings. The molecule has 2 nitrogen and oxygen atoms in total. The summed E-state index contributed by atoms with van der Waals surface area (Å²) < 4.78 is 0. The predicted octanol–water partition coefficient (Wildman–Crippen LogP) is 3.64.